The van der Waals surface area contributed by atoms with Gasteiger partial charge < -0.3 is 24.9 Å². The fraction of sp³-hybridized carbons (Fsp3) is 0.714. The summed E-state index contributed by atoms with van der Waals surface area (Å²) in [7, 11) is -4.70. The second kappa shape index (κ2) is 8.60. The molecule has 7 atom stereocenters. The second-order valence-electron chi connectivity index (χ2n) is 6.42. The smallest absolute Gasteiger partial charge is 0.358 e. The largest absolute Gasteiger partial charge is 0.388 e. The molecule has 1 aromatic heterocycles. The van der Waals surface area contributed by atoms with Crippen LogP contribution in [0.25, 0.3) is 0 Å². The fourth-order valence-corrected chi connectivity index (χ4v) is 3.89. The highest BCUT2D eigenvalue weighted by Gasteiger charge is 2.50. The standard InChI is InChI=1S/C14H21FIN2O9P/c1-3-14(15,27-28(24,25)6(2)19)4-8-9(20)10(21)12(26-8)18-5-7(16)11(22)17-13(18)23/h5-6,8-10,12,19-21H,3-4H2,1-2H3,(H,24,25)(H,17,22,23)/t6?,8-,9-,10-,12-,14?/m1/s1. The van der Waals surface area contributed by atoms with E-state index in [1.807, 2.05) is 4.98 Å². The molecule has 28 heavy (non-hydrogen) atoms. The average Bonchev–Trinajstić information content (AvgIpc) is 2.85. The van der Waals surface area contributed by atoms with Gasteiger partial charge in [0.2, 0.25) is 5.85 Å². The van der Waals surface area contributed by atoms with Gasteiger partial charge in [-0.05, 0) is 29.5 Å². The van der Waals surface area contributed by atoms with E-state index in [0.717, 1.165) is 17.7 Å². The van der Waals surface area contributed by atoms with Gasteiger partial charge in [0.1, 0.15) is 12.2 Å². The molecule has 0 saturated carbocycles. The summed E-state index contributed by atoms with van der Waals surface area (Å²) in [5.41, 5.74) is -1.56. The number of H-pyrrole nitrogens is 1. The highest BCUT2D eigenvalue weighted by atomic mass is 127. The van der Waals surface area contributed by atoms with E-state index in [0.29, 0.717) is 0 Å². The third kappa shape index (κ3) is 4.90. The minimum absolute atomic E-state index is 0.112. The Hall–Kier alpha value is -0.670. The van der Waals surface area contributed by atoms with Crippen LogP contribution in [0, 0.1) is 3.57 Å². The van der Waals surface area contributed by atoms with Crippen molar-refractivity contribution in [1.82, 2.24) is 9.55 Å². The summed E-state index contributed by atoms with van der Waals surface area (Å²) < 4.78 is 37.8. The van der Waals surface area contributed by atoms with Crippen molar-refractivity contribution < 1.29 is 38.4 Å². The minimum atomic E-state index is -4.70. The molecule has 11 nitrogen and oxygen atoms in total. The number of rotatable bonds is 7. The van der Waals surface area contributed by atoms with Gasteiger partial charge in [-0.3, -0.25) is 23.4 Å². The number of halogens is 2. The first-order valence-corrected chi connectivity index (χ1v) is 11.0. The molecule has 0 bridgehead atoms. The van der Waals surface area contributed by atoms with Crippen molar-refractivity contribution in [3.05, 3.63) is 30.6 Å². The molecule has 160 valence electrons. The van der Waals surface area contributed by atoms with E-state index in [-0.39, 0.29) is 3.57 Å². The number of hydrogen-bond donors (Lipinski definition) is 5. The fourth-order valence-electron chi connectivity index (χ4n) is 2.63. The lowest BCUT2D eigenvalue weighted by Gasteiger charge is -2.30. The van der Waals surface area contributed by atoms with Crippen molar-refractivity contribution in [3.8, 4) is 0 Å². The first-order valence-electron chi connectivity index (χ1n) is 8.24. The Morgan fingerprint density at radius 1 is 1.46 bits per heavy atom. The predicted molar refractivity (Wildman–Crippen MR) is 101 cm³/mol. The molecule has 0 radical (unpaired) electrons. The number of aliphatic hydroxyl groups is 3. The summed E-state index contributed by atoms with van der Waals surface area (Å²) in [5.74, 6) is -4.60. The van der Waals surface area contributed by atoms with Gasteiger partial charge >= 0.3 is 13.3 Å². The topological polar surface area (TPSA) is 171 Å². The van der Waals surface area contributed by atoms with Crippen molar-refractivity contribution >= 4 is 30.2 Å². The maximum Gasteiger partial charge on any atom is 0.358 e. The van der Waals surface area contributed by atoms with Crippen molar-refractivity contribution in [2.45, 2.75) is 62.9 Å². The number of ether oxygens (including phenoxy) is 1. The summed E-state index contributed by atoms with van der Waals surface area (Å²) >= 11 is 1.65. The zero-order chi connectivity index (χ0) is 21.4. The van der Waals surface area contributed by atoms with Crippen LogP contribution in [0.2, 0.25) is 0 Å². The van der Waals surface area contributed by atoms with Gasteiger partial charge in [-0.25, -0.2) is 9.18 Å². The lowest BCUT2D eigenvalue weighted by atomic mass is 10.0. The van der Waals surface area contributed by atoms with Crippen molar-refractivity contribution in [2.24, 2.45) is 0 Å². The predicted octanol–water partition coefficient (Wildman–Crippen LogP) is -0.233. The Bertz CT molecular complexity index is 877. The number of alkyl halides is 1. The molecule has 1 aliphatic rings. The third-order valence-electron chi connectivity index (χ3n) is 4.34. The van der Waals surface area contributed by atoms with Gasteiger partial charge in [-0.2, -0.15) is 0 Å². The highest BCUT2D eigenvalue weighted by molar-refractivity contribution is 14.1. The van der Waals surface area contributed by atoms with E-state index in [2.05, 4.69) is 4.52 Å². The zero-order valence-electron chi connectivity index (χ0n) is 14.9. The van der Waals surface area contributed by atoms with Gasteiger partial charge in [0, 0.05) is 19.0 Å². The van der Waals surface area contributed by atoms with Crippen LogP contribution in [0.1, 0.15) is 32.9 Å². The van der Waals surface area contributed by atoms with Crippen molar-refractivity contribution in [2.75, 3.05) is 0 Å². The molecule has 1 aromatic rings. The Balaban J connectivity index is 2.26. The van der Waals surface area contributed by atoms with Crippen LogP contribution in [-0.2, 0) is 13.8 Å². The Morgan fingerprint density at radius 3 is 2.61 bits per heavy atom. The Labute approximate surface area is 171 Å². The lowest BCUT2D eigenvalue weighted by Crippen LogP contribution is -2.39. The molecule has 2 heterocycles. The normalized spacial score (nSPS) is 30.6. The van der Waals surface area contributed by atoms with Gasteiger partial charge in [-0.15, -0.1) is 0 Å². The van der Waals surface area contributed by atoms with E-state index in [4.69, 9.17) is 4.74 Å². The molecule has 1 saturated heterocycles. The van der Waals surface area contributed by atoms with E-state index < -0.39 is 67.9 Å². The summed E-state index contributed by atoms with van der Waals surface area (Å²) in [6, 6.07) is 0. The second-order valence-corrected chi connectivity index (χ2v) is 9.64. The summed E-state index contributed by atoms with van der Waals surface area (Å²) in [6.45, 7) is 2.27. The average molecular weight is 538 g/mol. The van der Waals surface area contributed by atoms with Crippen LogP contribution in [0.15, 0.2) is 15.8 Å². The van der Waals surface area contributed by atoms with Gasteiger partial charge in [0.05, 0.1) is 9.67 Å². The first-order chi connectivity index (χ1) is 12.8. The number of nitrogens with one attached hydrogen (secondary N) is 1. The lowest BCUT2D eigenvalue weighted by molar-refractivity contribution is -0.130. The SMILES string of the molecule is CCC(F)(C[C@H]1O[C@@H](n2cc(I)c(=O)[nH]c2=O)[C@H](O)[C@@H]1O)OP(=O)(O)C(C)O. The maximum atomic E-state index is 15.0. The van der Waals surface area contributed by atoms with Gasteiger partial charge in [0.15, 0.2) is 12.1 Å². The molecular weight excluding hydrogens is 517 g/mol. The van der Waals surface area contributed by atoms with Crippen LogP contribution in [0.3, 0.4) is 0 Å². The Kier molecular flexibility index (Phi) is 7.25. The van der Waals surface area contributed by atoms with E-state index in [9.17, 15) is 38.8 Å². The molecule has 0 amide bonds. The number of nitrogens with zero attached hydrogens (tertiary/aromatic N) is 1. The van der Waals surface area contributed by atoms with E-state index >= 15 is 0 Å². The molecule has 5 N–H and O–H groups in total. The maximum absolute atomic E-state index is 15.0. The number of hydrogen-bond acceptors (Lipinski definition) is 8. The van der Waals surface area contributed by atoms with Crippen molar-refractivity contribution in [1.29, 1.82) is 0 Å². The quantitative estimate of drug-likeness (QED) is 0.232. The van der Waals surface area contributed by atoms with E-state index in [1.165, 1.54) is 6.92 Å². The van der Waals surface area contributed by atoms with Crippen LogP contribution in [0.5, 0.6) is 0 Å². The molecule has 1 aliphatic heterocycles. The molecule has 0 aliphatic carbocycles. The highest BCUT2D eigenvalue weighted by Crippen LogP contribution is 2.52. The molecule has 0 spiro atoms. The monoisotopic (exact) mass is 538 g/mol. The van der Waals surface area contributed by atoms with Gasteiger partial charge in [-0.1, -0.05) is 6.92 Å². The number of aliphatic hydroxyl groups excluding tert-OH is 3. The molecule has 2 rings (SSSR count). The van der Waals surface area contributed by atoms with Crippen LogP contribution in [-0.4, -0.2) is 59.8 Å². The summed E-state index contributed by atoms with van der Waals surface area (Å²) in [6.07, 6.45) is -6.22. The summed E-state index contributed by atoms with van der Waals surface area (Å²) in [4.78, 5) is 35.0. The Morgan fingerprint density at radius 2 is 2.07 bits per heavy atom. The molecule has 1 fully saturated rings. The van der Waals surface area contributed by atoms with Crippen LogP contribution < -0.4 is 11.2 Å². The first kappa shape index (κ1) is 23.6. The minimum Gasteiger partial charge on any atom is -0.388 e. The van der Waals surface area contributed by atoms with E-state index in [1.54, 1.807) is 22.6 Å². The molecule has 14 heteroatoms. The molecular formula is C14H21FIN2O9P. The van der Waals surface area contributed by atoms with Crippen molar-refractivity contribution in [3.63, 3.8) is 0 Å². The van der Waals surface area contributed by atoms with Crippen LogP contribution in [0.4, 0.5) is 4.39 Å². The van der Waals surface area contributed by atoms with Crippen LogP contribution >= 0.6 is 30.2 Å². The molecule has 3 unspecified atom stereocenters. The number of aromatic amines is 1. The summed E-state index contributed by atoms with van der Waals surface area (Å²) in [5, 5.41) is 29.7. The van der Waals surface area contributed by atoms with Gasteiger partial charge in [0.25, 0.3) is 5.56 Å². The number of aromatic nitrogens is 2. The third-order valence-corrected chi connectivity index (χ3v) is 6.64. The molecule has 0 aromatic carbocycles. The zero-order valence-corrected chi connectivity index (χ0v) is 17.9.